The fraction of sp³-hybridized carbons (Fsp3) is 0.294. The highest BCUT2D eigenvalue weighted by Gasteiger charge is 2.21. The van der Waals surface area contributed by atoms with E-state index >= 15 is 0 Å². The predicted octanol–water partition coefficient (Wildman–Crippen LogP) is 1.02. The Hall–Kier alpha value is -3.20. The summed E-state index contributed by atoms with van der Waals surface area (Å²) in [5.74, 6) is 0. The number of benzene rings is 1. The Bertz CT molecular complexity index is 1020. The Morgan fingerprint density at radius 3 is 2.81 bits per heavy atom. The van der Waals surface area contributed by atoms with Crippen LogP contribution in [0.15, 0.2) is 41.5 Å². The van der Waals surface area contributed by atoms with E-state index in [9.17, 15) is 9.59 Å². The first-order chi connectivity index (χ1) is 12.6. The molecule has 1 aliphatic heterocycles. The molecule has 2 aromatic heterocycles. The SMILES string of the molecule is Cn1nc(CNC(=O)Nc2cnn(C3COC3)c2)c2ccccc2c1=O. The van der Waals surface area contributed by atoms with E-state index in [1.165, 1.54) is 4.68 Å². The van der Waals surface area contributed by atoms with Gasteiger partial charge in [0.2, 0.25) is 0 Å². The molecule has 0 aliphatic carbocycles. The van der Waals surface area contributed by atoms with Crippen LogP contribution in [0.4, 0.5) is 10.5 Å². The number of hydrogen-bond acceptors (Lipinski definition) is 5. The number of aromatic nitrogens is 4. The summed E-state index contributed by atoms with van der Waals surface area (Å²) in [4.78, 5) is 24.3. The summed E-state index contributed by atoms with van der Waals surface area (Å²) < 4.78 is 8.19. The van der Waals surface area contributed by atoms with Crippen molar-refractivity contribution in [2.75, 3.05) is 18.5 Å². The van der Waals surface area contributed by atoms with Crippen LogP contribution < -0.4 is 16.2 Å². The second-order valence-corrected chi connectivity index (χ2v) is 6.13. The summed E-state index contributed by atoms with van der Waals surface area (Å²) in [7, 11) is 1.59. The zero-order chi connectivity index (χ0) is 18.1. The number of carbonyl (C=O) groups is 1. The molecular weight excluding hydrogens is 336 g/mol. The molecule has 3 heterocycles. The smallest absolute Gasteiger partial charge is 0.319 e. The molecule has 0 bridgehead atoms. The molecule has 1 saturated heterocycles. The van der Waals surface area contributed by atoms with Gasteiger partial charge in [0.05, 0.1) is 48.8 Å². The zero-order valence-electron chi connectivity index (χ0n) is 14.2. The molecule has 0 unspecified atom stereocenters. The number of urea groups is 1. The molecule has 0 radical (unpaired) electrons. The number of rotatable bonds is 4. The monoisotopic (exact) mass is 354 g/mol. The largest absolute Gasteiger partial charge is 0.377 e. The Kier molecular flexibility index (Phi) is 4.13. The van der Waals surface area contributed by atoms with Crippen LogP contribution in [0, 0.1) is 0 Å². The predicted molar refractivity (Wildman–Crippen MR) is 94.9 cm³/mol. The fourth-order valence-electron chi connectivity index (χ4n) is 2.82. The maximum atomic E-state index is 12.2. The van der Waals surface area contributed by atoms with E-state index in [0.717, 1.165) is 5.39 Å². The first kappa shape index (κ1) is 16.3. The van der Waals surface area contributed by atoms with Gasteiger partial charge in [0.15, 0.2) is 0 Å². The van der Waals surface area contributed by atoms with Crippen LogP contribution in [-0.4, -0.2) is 38.8 Å². The number of amides is 2. The molecule has 1 fully saturated rings. The molecule has 9 heteroatoms. The quantitative estimate of drug-likeness (QED) is 0.728. The van der Waals surface area contributed by atoms with Crippen LogP contribution in [0.1, 0.15) is 11.7 Å². The van der Waals surface area contributed by atoms with Crippen molar-refractivity contribution >= 4 is 22.5 Å². The van der Waals surface area contributed by atoms with Gasteiger partial charge >= 0.3 is 6.03 Å². The number of nitrogens with one attached hydrogen (secondary N) is 2. The highest BCUT2D eigenvalue weighted by molar-refractivity contribution is 5.89. The van der Waals surface area contributed by atoms with Crippen LogP contribution in [0.3, 0.4) is 0 Å². The van der Waals surface area contributed by atoms with Crippen LogP contribution in [0.25, 0.3) is 10.8 Å². The lowest BCUT2D eigenvalue weighted by Gasteiger charge is -2.25. The average molecular weight is 354 g/mol. The summed E-state index contributed by atoms with van der Waals surface area (Å²) >= 11 is 0. The number of ether oxygens (including phenoxy) is 1. The number of fused-ring (bicyclic) bond motifs is 1. The van der Waals surface area contributed by atoms with Crippen molar-refractivity contribution in [3.8, 4) is 0 Å². The first-order valence-electron chi connectivity index (χ1n) is 8.23. The van der Waals surface area contributed by atoms with E-state index in [0.29, 0.717) is 30.0 Å². The highest BCUT2D eigenvalue weighted by Crippen LogP contribution is 2.18. The van der Waals surface area contributed by atoms with Crippen molar-refractivity contribution in [1.82, 2.24) is 24.9 Å². The first-order valence-corrected chi connectivity index (χ1v) is 8.23. The third-order valence-electron chi connectivity index (χ3n) is 4.30. The van der Waals surface area contributed by atoms with E-state index in [1.807, 2.05) is 12.1 Å². The van der Waals surface area contributed by atoms with Crippen molar-refractivity contribution in [2.45, 2.75) is 12.6 Å². The van der Waals surface area contributed by atoms with Gasteiger partial charge in [-0.25, -0.2) is 9.48 Å². The average Bonchev–Trinajstić information content (AvgIpc) is 3.03. The summed E-state index contributed by atoms with van der Waals surface area (Å²) in [5.41, 5.74) is 1.06. The van der Waals surface area contributed by atoms with E-state index < -0.39 is 0 Å². The fourth-order valence-corrected chi connectivity index (χ4v) is 2.82. The van der Waals surface area contributed by atoms with Gasteiger partial charge in [0.1, 0.15) is 0 Å². The zero-order valence-corrected chi connectivity index (χ0v) is 14.2. The van der Waals surface area contributed by atoms with Gasteiger partial charge in [-0.1, -0.05) is 18.2 Å². The molecule has 134 valence electrons. The van der Waals surface area contributed by atoms with Crippen LogP contribution in [0.5, 0.6) is 0 Å². The minimum Gasteiger partial charge on any atom is -0.377 e. The van der Waals surface area contributed by atoms with E-state index in [2.05, 4.69) is 20.8 Å². The lowest BCUT2D eigenvalue weighted by molar-refractivity contribution is -0.0286. The van der Waals surface area contributed by atoms with Gasteiger partial charge in [-0.05, 0) is 6.07 Å². The van der Waals surface area contributed by atoms with Gasteiger partial charge in [0.25, 0.3) is 5.56 Å². The number of carbonyl (C=O) groups excluding carboxylic acids is 1. The summed E-state index contributed by atoms with van der Waals surface area (Å²) in [6.45, 7) is 1.47. The van der Waals surface area contributed by atoms with Crippen molar-refractivity contribution in [3.63, 3.8) is 0 Å². The van der Waals surface area contributed by atoms with Gasteiger partial charge in [0, 0.05) is 18.6 Å². The second-order valence-electron chi connectivity index (χ2n) is 6.13. The Morgan fingerprint density at radius 1 is 1.31 bits per heavy atom. The van der Waals surface area contributed by atoms with Gasteiger partial charge < -0.3 is 15.4 Å². The van der Waals surface area contributed by atoms with Gasteiger partial charge in [-0.2, -0.15) is 10.2 Å². The minimum atomic E-state index is -0.367. The standard InChI is InChI=1S/C17H18N6O3/c1-22-16(24)14-5-3-2-4-13(14)15(21-22)7-18-17(25)20-11-6-19-23(8-11)12-9-26-10-12/h2-6,8,12H,7,9-10H2,1H3,(H2,18,20,25). The number of nitrogens with zero attached hydrogens (tertiary/aromatic N) is 4. The molecule has 0 atom stereocenters. The molecule has 1 aromatic carbocycles. The second kappa shape index (κ2) is 6.60. The van der Waals surface area contributed by atoms with Gasteiger partial charge in [-0.3, -0.25) is 9.48 Å². The number of anilines is 1. The normalized spacial score (nSPS) is 14.2. The molecule has 3 aromatic rings. The highest BCUT2D eigenvalue weighted by atomic mass is 16.5. The molecular formula is C17H18N6O3. The number of aryl methyl sites for hydroxylation is 1. The molecule has 4 rings (SSSR count). The lowest BCUT2D eigenvalue weighted by atomic mass is 10.1. The third kappa shape index (κ3) is 3.04. The minimum absolute atomic E-state index is 0.166. The number of hydrogen-bond donors (Lipinski definition) is 2. The van der Waals surface area contributed by atoms with E-state index in [1.54, 1.807) is 36.3 Å². The third-order valence-corrected chi connectivity index (χ3v) is 4.30. The van der Waals surface area contributed by atoms with Crippen LogP contribution in [0.2, 0.25) is 0 Å². The molecule has 0 saturated carbocycles. The molecule has 26 heavy (non-hydrogen) atoms. The van der Waals surface area contributed by atoms with Crippen LogP contribution >= 0.6 is 0 Å². The summed E-state index contributed by atoms with van der Waals surface area (Å²) in [6.07, 6.45) is 3.37. The maximum Gasteiger partial charge on any atom is 0.319 e. The van der Waals surface area contributed by atoms with E-state index in [-0.39, 0.29) is 24.2 Å². The van der Waals surface area contributed by atoms with Crippen molar-refractivity contribution in [3.05, 3.63) is 52.7 Å². The molecule has 9 nitrogen and oxygen atoms in total. The molecule has 1 aliphatic rings. The van der Waals surface area contributed by atoms with Crippen LogP contribution in [-0.2, 0) is 18.3 Å². The van der Waals surface area contributed by atoms with Crippen molar-refractivity contribution in [2.24, 2.45) is 7.05 Å². The van der Waals surface area contributed by atoms with E-state index in [4.69, 9.17) is 4.74 Å². The Morgan fingerprint density at radius 2 is 2.08 bits per heavy atom. The molecule has 0 spiro atoms. The topological polar surface area (TPSA) is 103 Å². The van der Waals surface area contributed by atoms with Gasteiger partial charge in [-0.15, -0.1) is 0 Å². The molecule has 2 amide bonds. The molecule has 2 N–H and O–H groups in total. The Labute approximate surface area is 148 Å². The lowest BCUT2D eigenvalue weighted by Crippen LogP contribution is -2.31. The summed E-state index contributed by atoms with van der Waals surface area (Å²) in [5, 5.41) is 15.3. The van der Waals surface area contributed by atoms with Crippen molar-refractivity contribution < 1.29 is 9.53 Å². The maximum absolute atomic E-state index is 12.2. The Balaban J connectivity index is 1.44. The summed E-state index contributed by atoms with van der Waals surface area (Å²) in [6, 6.07) is 7.08. The van der Waals surface area contributed by atoms with Crippen molar-refractivity contribution in [1.29, 1.82) is 0 Å².